The number of carbonyl (C=O) groups excluding carboxylic acids is 1. The van der Waals surface area contributed by atoms with Gasteiger partial charge in [-0.15, -0.1) is 0 Å². The molecule has 14 heavy (non-hydrogen) atoms. The molecule has 0 amide bonds. The highest BCUT2D eigenvalue weighted by Crippen LogP contribution is 2.34. The highest BCUT2D eigenvalue weighted by atomic mass is 35.5. The number of ketones is 1. The van der Waals surface area contributed by atoms with Crippen LogP contribution in [0.2, 0.25) is 0 Å². The molecule has 0 aliphatic carbocycles. The second kappa shape index (κ2) is 3.81. The number of Topliss-reactive ketones (excluding diaryl/α,β-unsaturated/α-hetero) is 1. The molecule has 0 N–H and O–H groups in total. The summed E-state index contributed by atoms with van der Waals surface area (Å²) in [5, 5.41) is 0. The summed E-state index contributed by atoms with van der Waals surface area (Å²) < 4.78 is 21.1. The minimum absolute atomic E-state index is 0.0868. The van der Waals surface area contributed by atoms with Crippen LogP contribution in [0.25, 0.3) is 0 Å². The number of hydrogen-bond acceptors (Lipinski definition) is 3. The number of carbonyl (C=O) groups is 1. The van der Waals surface area contributed by atoms with Crippen LogP contribution in [0, 0.1) is 5.41 Å². The third kappa shape index (κ3) is 2.48. The van der Waals surface area contributed by atoms with Gasteiger partial charge in [-0.25, -0.2) is 8.42 Å². The third-order valence-corrected chi connectivity index (χ3v) is 4.99. The first-order valence-corrected chi connectivity index (χ1v) is 6.67. The fourth-order valence-corrected chi connectivity index (χ4v) is 2.60. The fraction of sp³-hybridized carbons (Fsp3) is 0.889. The summed E-state index contributed by atoms with van der Waals surface area (Å²) in [5.41, 5.74) is -0.749. The Balaban J connectivity index is 5.42. The quantitative estimate of drug-likeness (QED) is 0.709. The smallest absolute Gasteiger partial charge is 0.203 e. The van der Waals surface area contributed by atoms with Crippen molar-refractivity contribution in [2.75, 3.05) is 6.26 Å². The summed E-state index contributed by atoms with van der Waals surface area (Å²) >= 11 is 5.90. The summed E-state index contributed by atoms with van der Waals surface area (Å²) in [6, 6.07) is 0. The van der Waals surface area contributed by atoms with Crippen LogP contribution in [0.4, 0.5) is 0 Å². The monoisotopic (exact) mass is 240 g/mol. The molecule has 0 fully saturated rings. The van der Waals surface area contributed by atoms with Crippen molar-refractivity contribution in [1.29, 1.82) is 0 Å². The molecule has 0 aromatic rings. The predicted molar refractivity (Wildman–Crippen MR) is 58.2 cm³/mol. The fourth-order valence-electron chi connectivity index (χ4n) is 1.15. The van der Waals surface area contributed by atoms with Crippen molar-refractivity contribution in [2.24, 2.45) is 5.41 Å². The van der Waals surface area contributed by atoms with Gasteiger partial charge in [0.1, 0.15) is 0 Å². The van der Waals surface area contributed by atoms with Crippen molar-refractivity contribution in [3.63, 3.8) is 0 Å². The lowest BCUT2D eigenvalue weighted by Crippen LogP contribution is -2.46. The van der Waals surface area contributed by atoms with E-state index in [4.69, 9.17) is 11.6 Å². The van der Waals surface area contributed by atoms with Crippen LogP contribution in [0.15, 0.2) is 0 Å². The minimum atomic E-state index is -3.58. The predicted octanol–water partition coefficient (Wildman–Crippen LogP) is 1.99. The highest BCUT2D eigenvalue weighted by molar-refractivity contribution is 7.94. The molecular formula is C9H17ClO3S. The SMILES string of the molecule is CCC(Cl)(C(=O)C(C)(C)C)S(C)(=O)=O. The van der Waals surface area contributed by atoms with Crippen molar-refractivity contribution in [3.8, 4) is 0 Å². The van der Waals surface area contributed by atoms with Crippen molar-refractivity contribution in [2.45, 2.75) is 38.3 Å². The topological polar surface area (TPSA) is 51.2 Å². The van der Waals surface area contributed by atoms with E-state index in [0.717, 1.165) is 6.26 Å². The first-order valence-electron chi connectivity index (χ1n) is 4.40. The molecule has 0 aromatic heterocycles. The molecule has 0 radical (unpaired) electrons. The number of rotatable bonds is 3. The molecule has 0 bridgehead atoms. The Bertz CT molecular complexity index is 326. The van der Waals surface area contributed by atoms with Gasteiger partial charge in [0.15, 0.2) is 15.6 Å². The van der Waals surface area contributed by atoms with E-state index in [1.165, 1.54) is 0 Å². The highest BCUT2D eigenvalue weighted by Gasteiger charge is 2.48. The molecule has 0 saturated heterocycles. The second-order valence-corrected chi connectivity index (χ2v) is 7.54. The Kier molecular flexibility index (Phi) is 3.79. The molecule has 1 unspecified atom stereocenters. The Morgan fingerprint density at radius 1 is 1.29 bits per heavy atom. The van der Waals surface area contributed by atoms with Crippen molar-refractivity contribution in [3.05, 3.63) is 0 Å². The van der Waals surface area contributed by atoms with E-state index in [2.05, 4.69) is 0 Å². The maximum absolute atomic E-state index is 11.9. The van der Waals surface area contributed by atoms with Crippen LogP contribution in [0.1, 0.15) is 34.1 Å². The molecule has 0 aliphatic rings. The van der Waals surface area contributed by atoms with E-state index in [9.17, 15) is 13.2 Å². The van der Waals surface area contributed by atoms with Crippen LogP contribution in [-0.4, -0.2) is 24.7 Å². The van der Waals surface area contributed by atoms with E-state index in [0.29, 0.717) is 0 Å². The summed E-state index contributed by atoms with van der Waals surface area (Å²) in [7, 11) is -3.58. The number of hydrogen-bond donors (Lipinski definition) is 0. The van der Waals surface area contributed by atoms with Gasteiger partial charge in [0, 0.05) is 11.7 Å². The average Bonchev–Trinajstić information content (AvgIpc) is 1.97. The van der Waals surface area contributed by atoms with Crippen molar-refractivity contribution >= 4 is 27.2 Å². The first-order chi connectivity index (χ1) is 5.97. The summed E-state index contributed by atoms with van der Waals surface area (Å²) in [5.74, 6) is -0.448. The number of sulfone groups is 1. The molecule has 0 rings (SSSR count). The van der Waals surface area contributed by atoms with Crippen LogP contribution in [-0.2, 0) is 14.6 Å². The lowest BCUT2D eigenvalue weighted by atomic mass is 9.88. The molecule has 5 heteroatoms. The van der Waals surface area contributed by atoms with Gasteiger partial charge in [0.05, 0.1) is 0 Å². The normalized spacial score (nSPS) is 17.6. The van der Waals surface area contributed by atoms with Gasteiger partial charge in [0.2, 0.25) is 4.21 Å². The van der Waals surface area contributed by atoms with Gasteiger partial charge < -0.3 is 0 Å². The molecule has 0 saturated carbocycles. The van der Waals surface area contributed by atoms with Gasteiger partial charge in [-0.3, -0.25) is 4.79 Å². The zero-order chi connectivity index (χ0) is 11.8. The maximum atomic E-state index is 11.9. The largest absolute Gasteiger partial charge is 0.296 e. The maximum Gasteiger partial charge on any atom is 0.203 e. The van der Waals surface area contributed by atoms with E-state index in [-0.39, 0.29) is 6.42 Å². The molecule has 84 valence electrons. The lowest BCUT2D eigenvalue weighted by Gasteiger charge is -2.29. The van der Waals surface area contributed by atoms with E-state index in [1.807, 2.05) is 0 Å². The Morgan fingerprint density at radius 3 is 1.71 bits per heavy atom. The lowest BCUT2D eigenvalue weighted by molar-refractivity contribution is -0.126. The van der Waals surface area contributed by atoms with Gasteiger partial charge >= 0.3 is 0 Å². The summed E-state index contributed by atoms with van der Waals surface area (Å²) in [4.78, 5) is 11.9. The van der Waals surface area contributed by atoms with Gasteiger partial charge in [0.25, 0.3) is 0 Å². The first kappa shape index (κ1) is 13.9. The second-order valence-electron chi connectivity index (χ2n) is 4.43. The summed E-state index contributed by atoms with van der Waals surface area (Å²) in [6.07, 6.45) is 1.08. The third-order valence-electron chi connectivity index (χ3n) is 2.06. The molecule has 3 nitrogen and oxygen atoms in total. The Morgan fingerprint density at radius 2 is 1.64 bits per heavy atom. The zero-order valence-electron chi connectivity index (χ0n) is 9.22. The molecule has 0 aromatic carbocycles. The zero-order valence-corrected chi connectivity index (χ0v) is 10.8. The van der Waals surface area contributed by atoms with Crippen molar-refractivity contribution in [1.82, 2.24) is 0 Å². The van der Waals surface area contributed by atoms with E-state index >= 15 is 0 Å². The Hall–Kier alpha value is -0.0900. The number of alkyl halides is 1. The average molecular weight is 241 g/mol. The van der Waals surface area contributed by atoms with Gasteiger partial charge in [-0.2, -0.15) is 0 Å². The van der Waals surface area contributed by atoms with Crippen molar-refractivity contribution < 1.29 is 13.2 Å². The molecule has 1 atom stereocenters. The van der Waals surface area contributed by atoms with Crippen LogP contribution >= 0.6 is 11.6 Å². The standard InChI is InChI=1S/C9H17ClO3S/c1-6-9(10,14(5,12)13)7(11)8(2,3)4/h6H2,1-5H3. The Labute approximate surface area is 90.7 Å². The molecular weight excluding hydrogens is 224 g/mol. The van der Waals surface area contributed by atoms with E-state index in [1.54, 1.807) is 27.7 Å². The van der Waals surface area contributed by atoms with Crippen LogP contribution in [0.3, 0.4) is 0 Å². The van der Waals surface area contributed by atoms with Gasteiger partial charge in [-0.1, -0.05) is 39.3 Å². The van der Waals surface area contributed by atoms with E-state index < -0.39 is 25.2 Å². The minimum Gasteiger partial charge on any atom is -0.296 e. The molecule has 0 spiro atoms. The summed E-state index contributed by atoms with van der Waals surface area (Å²) in [6.45, 7) is 6.58. The molecule has 0 heterocycles. The van der Waals surface area contributed by atoms with Gasteiger partial charge in [-0.05, 0) is 6.42 Å². The van der Waals surface area contributed by atoms with Crippen LogP contribution in [0.5, 0.6) is 0 Å². The molecule has 0 aliphatic heterocycles. The number of halogens is 1. The van der Waals surface area contributed by atoms with Crippen LogP contribution < -0.4 is 0 Å².